The Bertz CT molecular complexity index is 678. The Morgan fingerprint density at radius 1 is 0.962 bits per heavy atom. The molecule has 0 unspecified atom stereocenters. The van der Waals surface area contributed by atoms with Crippen molar-refractivity contribution in [2.75, 3.05) is 5.32 Å². The number of benzene rings is 1. The third kappa shape index (κ3) is 2.77. The molecule has 26 heavy (non-hydrogen) atoms. The summed E-state index contributed by atoms with van der Waals surface area (Å²) in [6, 6.07) is 0.855. The van der Waals surface area contributed by atoms with Gasteiger partial charge in [-0.15, -0.1) is 0 Å². The molecule has 2 fully saturated rings. The van der Waals surface area contributed by atoms with Crippen LogP contribution in [-0.2, 0) is 12.4 Å². The molecule has 0 heterocycles. The molecule has 2 bridgehead atoms. The molecule has 2 aliphatic carbocycles. The molecule has 0 aromatic heterocycles. The van der Waals surface area contributed by atoms with Crippen molar-refractivity contribution in [3.63, 3.8) is 0 Å². The van der Waals surface area contributed by atoms with Gasteiger partial charge in [-0.05, 0) is 42.4 Å². The van der Waals surface area contributed by atoms with Gasteiger partial charge in [0.2, 0.25) is 0 Å². The van der Waals surface area contributed by atoms with Crippen LogP contribution in [0.5, 0.6) is 0 Å². The number of hydrogen-bond donors (Lipinski definition) is 2. The molecule has 8 heteroatoms. The van der Waals surface area contributed by atoms with Crippen molar-refractivity contribution in [3.05, 3.63) is 29.3 Å². The van der Waals surface area contributed by atoms with Gasteiger partial charge < -0.3 is 10.4 Å². The highest BCUT2D eigenvalue weighted by atomic mass is 19.4. The number of rotatable bonds is 2. The number of aliphatic hydroxyl groups is 1. The third-order valence-corrected chi connectivity index (χ3v) is 6.72. The van der Waals surface area contributed by atoms with E-state index in [9.17, 15) is 31.4 Å². The van der Waals surface area contributed by atoms with Crippen molar-refractivity contribution in [2.45, 2.75) is 58.1 Å². The number of anilines is 1. The Balaban J connectivity index is 1.98. The van der Waals surface area contributed by atoms with Crippen LogP contribution in [0.25, 0.3) is 0 Å². The topological polar surface area (TPSA) is 32.3 Å². The van der Waals surface area contributed by atoms with Crippen LogP contribution in [0, 0.1) is 16.7 Å². The second-order valence-electron chi connectivity index (χ2n) is 8.19. The van der Waals surface area contributed by atoms with E-state index in [1.165, 1.54) is 0 Å². The molecule has 0 aliphatic heterocycles. The molecule has 2 nitrogen and oxygen atoms in total. The highest BCUT2D eigenvalue weighted by molar-refractivity contribution is 5.52. The maximum Gasteiger partial charge on any atom is 0.416 e. The summed E-state index contributed by atoms with van der Waals surface area (Å²) in [4.78, 5) is 0. The van der Waals surface area contributed by atoms with Gasteiger partial charge in [-0.1, -0.05) is 20.8 Å². The molecule has 0 radical (unpaired) electrons. The first-order chi connectivity index (χ1) is 11.7. The predicted octanol–water partition coefficient (Wildman–Crippen LogP) is 5.32. The summed E-state index contributed by atoms with van der Waals surface area (Å²) < 4.78 is 78.1. The molecule has 1 aromatic rings. The summed E-state index contributed by atoms with van der Waals surface area (Å²) in [5.41, 5.74) is -3.69. The number of alkyl halides is 6. The minimum atomic E-state index is -4.89. The zero-order valence-corrected chi connectivity index (χ0v) is 14.6. The van der Waals surface area contributed by atoms with E-state index < -0.39 is 41.0 Å². The van der Waals surface area contributed by atoms with E-state index >= 15 is 0 Å². The molecule has 1 aromatic carbocycles. The molecule has 146 valence electrons. The van der Waals surface area contributed by atoms with Crippen LogP contribution in [0.2, 0.25) is 0 Å². The first-order valence-electron chi connectivity index (χ1n) is 8.42. The Morgan fingerprint density at radius 2 is 1.46 bits per heavy atom. The first-order valence-corrected chi connectivity index (χ1v) is 8.42. The molecule has 4 atom stereocenters. The molecule has 2 aliphatic rings. The lowest BCUT2D eigenvalue weighted by Gasteiger charge is -2.37. The quantitative estimate of drug-likeness (QED) is 0.680. The smallest absolute Gasteiger partial charge is 0.390 e. The zero-order chi connectivity index (χ0) is 19.7. The summed E-state index contributed by atoms with van der Waals surface area (Å²) in [6.07, 6.45) is -9.09. The summed E-state index contributed by atoms with van der Waals surface area (Å²) >= 11 is 0. The molecule has 0 spiro atoms. The summed E-state index contributed by atoms with van der Waals surface area (Å²) in [5.74, 6) is -0.0358. The molecule has 2 N–H and O–H groups in total. The van der Waals surface area contributed by atoms with E-state index in [-0.39, 0.29) is 23.1 Å². The largest absolute Gasteiger partial charge is 0.416 e. The van der Waals surface area contributed by atoms with Gasteiger partial charge in [0, 0.05) is 11.1 Å². The Kier molecular flexibility index (Phi) is 4.11. The van der Waals surface area contributed by atoms with E-state index in [0.717, 1.165) is 12.8 Å². The lowest BCUT2D eigenvalue weighted by molar-refractivity contribution is -0.143. The van der Waals surface area contributed by atoms with Crippen LogP contribution in [0.4, 0.5) is 32.0 Å². The van der Waals surface area contributed by atoms with Crippen LogP contribution >= 0.6 is 0 Å². The fourth-order valence-electron chi connectivity index (χ4n) is 4.75. The normalized spacial score (nSPS) is 33.5. The van der Waals surface area contributed by atoms with E-state index in [4.69, 9.17) is 0 Å². The van der Waals surface area contributed by atoms with Crippen molar-refractivity contribution in [3.8, 4) is 0 Å². The monoisotopic (exact) mass is 381 g/mol. The highest BCUT2D eigenvalue weighted by Gasteiger charge is 2.66. The molecular formula is C18H21F6NO. The first kappa shape index (κ1) is 19.3. The van der Waals surface area contributed by atoms with Gasteiger partial charge in [0.05, 0.1) is 23.3 Å². The van der Waals surface area contributed by atoms with Gasteiger partial charge in [-0.2, -0.15) is 26.3 Å². The van der Waals surface area contributed by atoms with Gasteiger partial charge in [0.15, 0.2) is 0 Å². The second-order valence-corrected chi connectivity index (χ2v) is 8.19. The molecule has 0 amide bonds. The number of aliphatic hydroxyl groups excluding tert-OH is 1. The summed E-state index contributed by atoms with van der Waals surface area (Å²) in [7, 11) is 0. The lowest BCUT2D eigenvalue weighted by atomic mass is 9.70. The second kappa shape index (κ2) is 5.53. The van der Waals surface area contributed by atoms with E-state index in [2.05, 4.69) is 5.32 Å². The van der Waals surface area contributed by atoms with Crippen molar-refractivity contribution in [1.29, 1.82) is 0 Å². The Labute approximate surface area is 147 Å². The number of nitrogens with one attached hydrogen (secondary N) is 1. The average Bonchev–Trinajstić information content (AvgIpc) is 2.79. The van der Waals surface area contributed by atoms with E-state index in [1.807, 2.05) is 20.8 Å². The maximum absolute atomic E-state index is 13.0. The predicted molar refractivity (Wildman–Crippen MR) is 84.5 cm³/mol. The van der Waals surface area contributed by atoms with E-state index in [1.54, 1.807) is 0 Å². The third-order valence-electron chi connectivity index (χ3n) is 6.72. The average molecular weight is 381 g/mol. The lowest BCUT2D eigenvalue weighted by Crippen LogP contribution is -2.43. The van der Waals surface area contributed by atoms with E-state index in [0.29, 0.717) is 12.1 Å². The van der Waals surface area contributed by atoms with Gasteiger partial charge in [-0.3, -0.25) is 0 Å². The van der Waals surface area contributed by atoms with Gasteiger partial charge in [0.25, 0.3) is 0 Å². The van der Waals surface area contributed by atoms with Crippen molar-refractivity contribution >= 4 is 5.69 Å². The van der Waals surface area contributed by atoms with Crippen molar-refractivity contribution < 1.29 is 31.4 Å². The van der Waals surface area contributed by atoms with Crippen LogP contribution < -0.4 is 5.32 Å². The molecule has 3 rings (SSSR count). The number of hydrogen-bond acceptors (Lipinski definition) is 2. The molecule has 2 saturated carbocycles. The summed E-state index contributed by atoms with van der Waals surface area (Å²) in [5, 5.41) is 13.5. The minimum Gasteiger partial charge on any atom is -0.390 e. The standard InChI is InChI=1S/C18H21F6NO/c1-15(2)12-4-5-16(15,3)14(26)13(12)25-11-7-9(17(19,20)21)6-10(8-11)18(22,23)24/h6-8,12-14,25-26H,4-5H2,1-3H3/t12-,13+,14+,16+/m1/s1. The minimum absolute atomic E-state index is 0.0358. The van der Waals surface area contributed by atoms with Crippen molar-refractivity contribution in [1.82, 2.24) is 0 Å². The van der Waals surface area contributed by atoms with Crippen LogP contribution in [-0.4, -0.2) is 17.3 Å². The SMILES string of the molecule is CC1(C)[C@@H]2CC[C@@]1(C)[C@@H](O)[C@H]2Nc1cc(C(F)(F)F)cc(C(F)(F)F)c1. The van der Waals surface area contributed by atoms with Crippen LogP contribution in [0.1, 0.15) is 44.7 Å². The molecule has 0 saturated heterocycles. The van der Waals surface area contributed by atoms with Gasteiger partial charge in [-0.25, -0.2) is 0 Å². The highest BCUT2D eigenvalue weighted by Crippen LogP contribution is 2.65. The van der Waals surface area contributed by atoms with Crippen molar-refractivity contribution in [2.24, 2.45) is 16.7 Å². The van der Waals surface area contributed by atoms with Gasteiger partial charge in [0.1, 0.15) is 0 Å². The van der Waals surface area contributed by atoms with Crippen LogP contribution in [0.15, 0.2) is 18.2 Å². The van der Waals surface area contributed by atoms with Gasteiger partial charge >= 0.3 is 12.4 Å². The fraction of sp³-hybridized carbons (Fsp3) is 0.667. The Hall–Kier alpha value is -1.44. The fourth-order valence-corrected chi connectivity index (χ4v) is 4.75. The molecular weight excluding hydrogens is 360 g/mol. The number of fused-ring (bicyclic) bond motifs is 2. The van der Waals surface area contributed by atoms with Crippen LogP contribution in [0.3, 0.4) is 0 Å². The maximum atomic E-state index is 13.0. The zero-order valence-electron chi connectivity index (χ0n) is 14.6. The Morgan fingerprint density at radius 3 is 1.85 bits per heavy atom. The number of halogens is 6. The summed E-state index contributed by atoms with van der Waals surface area (Å²) in [6.45, 7) is 5.90.